The van der Waals surface area contributed by atoms with Gasteiger partial charge in [0.05, 0.1) is 5.92 Å². The Labute approximate surface area is 173 Å². The number of aromatic hydroxyl groups is 1. The van der Waals surface area contributed by atoms with Crippen LogP contribution in [0.25, 0.3) is 0 Å². The van der Waals surface area contributed by atoms with Crippen LogP contribution in [0.2, 0.25) is 0 Å². The average molecular weight is 400 g/mol. The van der Waals surface area contributed by atoms with Crippen LogP contribution in [0.1, 0.15) is 44.9 Å². The molecule has 2 heterocycles. The maximum atomic E-state index is 13.1. The molecule has 0 spiro atoms. The second kappa shape index (κ2) is 9.06. The molecule has 6 heteroatoms. The van der Waals surface area contributed by atoms with Crippen molar-refractivity contribution in [3.8, 4) is 5.75 Å². The van der Waals surface area contributed by atoms with Crippen LogP contribution in [0.5, 0.6) is 5.75 Å². The monoisotopic (exact) mass is 399 g/mol. The van der Waals surface area contributed by atoms with E-state index >= 15 is 0 Å². The molecule has 6 nitrogen and oxygen atoms in total. The quantitative estimate of drug-likeness (QED) is 0.846. The van der Waals surface area contributed by atoms with Crippen LogP contribution in [0.3, 0.4) is 0 Å². The van der Waals surface area contributed by atoms with Crippen molar-refractivity contribution >= 4 is 17.5 Å². The van der Waals surface area contributed by atoms with Crippen LogP contribution >= 0.6 is 0 Å². The van der Waals surface area contributed by atoms with E-state index in [1.807, 2.05) is 21.9 Å². The number of hydrogen-bond donors (Lipinski definition) is 1. The summed E-state index contributed by atoms with van der Waals surface area (Å²) in [6.45, 7) is 4.48. The Bertz CT molecular complexity index is 707. The van der Waals surface area contributed by atoms with Gasteiger partial charge in [-0.1, -0.05) is 19.3 Å². The number of benzene rings is 1. The summed E-state index contributed by atoms with van der Waals surface area (Å²) in [6.07, 6.45) is 7.53. The van der Waals surface area contributed by atoms with Crippen LogP contribution in [-0.4, -0.2) is 66.0 Å². The largest absolute Gasteiger partial charge is 0.508 e. The molecule has 2 aliphatic heterocycles. The number of piperazine rings is 1. The number of anilines is 1. The number of rotatable bonds is 4. The Morgan fingerprint density at radius 2 is 1.66 bits per heavy atom. The predicted molar refractivity (Wildman–Crippen MR) is 113 cm³/mol. The van der Waals surface area contributed by atoms with E-state index < -0.39 is 0 Å². The molecule has 0 bridgehead atoms. The van der Waals surface area contributed by atoms with Crippen LogP contribution in [0, 0.1) is 11.8 Å². The number of phenolic OH excluding ortho intramolecular Hbond substituents is 1. The summed E-state index contributed by atoms with van der Waals surface area (Å²) < 4.78 is 0. The van der Waals surface area contributed by atoms with Crippen molar-refractivity contribution in [2.24, 2.45) is 11.8 Å². The van der Waals surface area contributed by atoms with Crippen molar-refractivity contribution in [1.82, 2.24) is 9.80 Å². The second-order valence-electron chi connectivity index (χ2n) is 8.87. The lowest BCUT2D eigenvalue weighted by atomic mass is 9.87. The minimum absolute atomic E-state index is 0.0449. The zero-order valence-electron chi connectivity index (χ0n) is 17.3. The standard InChI is InChI=1S/C23H33N3O3/c27-21-9-7-20(8-10-21)24-12-14-25(15-13-24)23(29)19-6-11-22(28)26(17-19)16-18-4-2-1-3-5-18/h7-10,18-19,27H,1-6,11-17H2/t19-/m1/s1. The Hall–Kier alpha value is -2.24. The van der Waals surface area contributed by atoms with Crippen molar-refractivity contribution < 1.29 is 14.7 Å². The zero-order valence-corrected chi connectivity index (χ0v) is 17.3. The molecule has 158 valence electrons. The SMILES string of the molecule is O=C1CC[C@@H](C(=O)N2CCN(c3ccc(O)cc3)CC2)CN1CC1CCCCC1. The molecular formula is C23H33N3O3. The van der Waals surface area contributed by atoms with E-state index in [-0.39, 0.29) is 23.5 Å². The van der Waals surface area contributed by atoms with Crippen molar-refractivity contribution in [3.63, 3.8) is 0 Å². The highest BCUT2D eigenvalue weighted by Gasteiger charge is 2.34. The van der Waals surface area contributed by atoms with Crippen molar-refractivity contribution in [2.45, 2.75) is 44.9 Å². The summed E-state index contributed by atoms with van der Waals surface area (Å²) in [5, 5.41) is 9.46. The first-order chi connectivity index (χ1) is 14.1. The highest BCUT2D eigenvalue weighted by molar-refractivity contribution is 5.84. The third-order valence-electron chi connectivity index (χ3n) is 6.86. The van der Waals surface area contributed by atoms with Crippen molar-refractivity contribution in [2.75, 3.05) is 44.2 Å². The van der Waals surface area contributed by atoms with Gasteiger partial charge >= 0.3 is 0 Å². The Balaban J connectivity index is 1.29. The number of likely N-dealkylation sites (tertiary alicyclic amines) is 1. The van der Waals surface area contributed by atoms with Crippen LogP contribution in [0.4, 0.5) is 5.69 Å². The van der Waals surface area contributed by atoms with E-state index in [0.29, 0.717) is 38.4 Å². The van der Waals surface area contributed by atoms with E-state index in [9.17, 15) is 14.7 Å². The van der Waals surface area contributed by atoms with Gasteiger partial charge in [0.1, 0.15) is 5.75 Å². The Morgan fingerprint density at radius 3 is 2.34 bits per heavy atom. The molecular weight excluding hydrogens is 366 g/mol. The van der Waals surface area contributed by atoms with Crippen molar-refractivity contribution in [3.05, 3.63) is 24.3 Å². The Kier molecular flexibility index (Phi) is 6.26. The molecule has 3 fully saturated rings. The lowest BCUT2D eigenvalue weighted by Crippen LogP contribution is -2.53. The maximum absolute atomic E-state index is 13.1. The van der Waals surface area contributed by atoms with Gasteiger partial charge in [-0.3, -0.25) is 9.59 Å². The lowest BCUT2D eigenvalue weighted by Gasteiger charge is -2.40. The van der Waals surface area contributed by atoms with Crippen LogP contribution < -0.4 is 4.90 Å². The molecule has 1 aromatic rings. The summed E-state index contributed by atoms with van der Waals surface area (Å²) in [5.41, 5.74) is 1.08. The van der Waals surface area contributed by atoms with Gasteiger partial charge in [-0.15, -0.1) is 0 Å². The van der Waals surface area contributed by atoms with Gasteiger partial charge in [-0.05, 0) is 49.4 Å². The first-order valence-electron chi connectivity index (χ1n) is 11.2. The molecule has 2 saturated heterocycles. The molecule has 0 unspecified atom stereocenters. The van der Waals surface area contributed by atoms with Gasteiger partial charge in [0, 0.05) is 51.4 Å². The normalized spacial score (nSPS) is 24.1. The molecule has 2 amide bonds. The van der Waals surface area contributed by atoms with Gasteiger partial charge in [-0.2, -0.15) is 0 Å². The van der Waals surface area contributed by atoms with E-state index in [2.05, 4.69) is 4.90 Å². The molecule has 1 N–H and O–H groups in total. The molecule has 0 radical (unpaired) electrons. The molecule has 4 rings (SSSR count). The fraction of sp³-hybridized carbons (Fsp3) is 0.652. The molecule has 29 heavy (non-hydrogen) atoms. The van der Waals surface area contributed by atoms with E-state index in [4.69, 9.17) is 0 Å². The summed E-state index contributed by atoms with van der Waals surface area (Å²) in [4.78, 5) is 31.8. The van der Waals surface area contributed by atoms with E-state index in [1.165, 1.54) is 32.1 Å². The second-order valence-corrected chi connectivity index (χ2v) is 8.87. The van der Waals surface area contributed by atoms with Gasteiger partial charge in [0.25, 0.3) is 0 Å². The molecule has 1 aromatic carbocycles. The number of hydrogen-bond acceptors (Lipinski definition) is 4. The lowest BCUT2D eigenvalue weighted by molar-refractivity contribution is -0.143. The number of carbonyl (C=O) groups excluding carboxylic acids is 2. The summed E-state index contributed by atoms with van der Waals surface area (Å²) in [5.74, 6) is 1.30. The molecule has 1 saturated carbocycles. The molecule has 1 aliphatic carbocycles. The number of carbonyl (C=O) groups is 2. The minimum Gasteiger partial charge on any atom is -0.508 e. The van der Waals surface area contributed by atoms with Crippen LogP contribution in [0.15, 0.2) is 24.3 Å². The third kappa shape index (κ3) is 4.85. The molecule has 3 aliphatic rings. The van der Waals surface area contributed by atoms with Gasteiger partial charge in [-0.25, -0.2) is 0 Å². The number of nitrogens with zero attached hydrogens (tertiary/aromatic N) is 3. The summed E-state index contributed by atoms with van der Waals surface area (Å²) >= 11 is 0. The molecule has 1 atom stereocenters. The third-order valence-corrected chi connectivity index (χ3v) is 6.86. The first kappa shape index (κ1) is 20.0. The number of amides is 2. The predicted octanol–water partition coefficient (Wildman–Crippen LogP) is 2.86. The fourth-order valence-corrected chi connectivity index (χ4v) is 5.08. The molecule has 0 aromatic heterocycles. The summed E-state index contributed by atoms with van der Waals surface area (Å²) in [7, 11) is 0. The highest BCUT2D eigenvalue weighted by Crippen LogP contribution is 2.28. The van der Waals surface area contributed by atoms with E-state index in [0.717, 1.165) is 25.3 Å². The Morgan fingerprint density at radius 1 is 0.966 bits per heavy atom. The van der Waals surface area contributed by atoms with Gasteiger partial charge in [0.2, 0.25) is 11.8 Å². The van der Waals surface area contributed by atoms with Gasteiger partial charge in [0.15, 0.2) is 0 Å². The number of phenols is 1. The topological polar surface area (TPSA) is 64.1 Å². The zero-order chi connectivity index (χ0) is 20.2. The van der Waals surface area contributed by atoms with Gasteiger partial charge < -0.3 is 19.8 Å². The average Bonchev–Trinajstić information content (AvgIpc) is 2.76. The fourth-order valence-electron chi connectivity index (χ4n) is 5.08. The van der Waals surface area contributed by atoms with Crippen molar-refractivity contribution in [1.29, 1.82) is 0 Å². The van der Waals surface area contributed by atoms with Crippen LogP contribution in [-0.2, 0) is 9.59 Å². The van der Waals surface area contributed by atoms with E-state index in [1.54, 1.807) is 12.1 Å². The maximum Gasteiger partial charge on any atom is 0.227 e. The number of piperidine rings is 1. The smallest absolute Gasteiger partial charge is 0.227 e. The minimum atomic E-state index is -0.0449. The summed E-state index contributed by atoms with van der Waals surface area (Å²) in [6, 6.07) is 7.24. The highest BCUT2D eigenvalue weighted by atomic mass is 16.3. The first-order valence-corrected chi connectivity index (χ1v) is 11.2.